The number of carbonyl (C=O) groups excluding carboxylic acids is 1. The molecule has 1 aromatic carbocycles. The van der Waals surface area contributed by atoms with E-state index in [2.05, 4.69) is 26.1 Å². The van der Waals surface area contributed by atoms with Crippen LogP contribution in [0.4, 0.5) is 10.5 Å². The van der Waals surface area contributed by atoms with Crippen LogP contribution in [0.15, 0.2) is 30.3 Å². The molecule has 2 amide bonds. The van der Waals surface area contributed by atoms with Gasteiger partial charge in [0.15, 0.2) is 0 Å². The van der Waals surface area contributed by atoms with Gasteiger partial charge in [0.1, 0.15) is 6.54 Å². The summed E-state index contributed by atoms with van der Waals surface area (Å²) in [5.74, 6) is -1.04. The summed E-state index contributed by atoms with van der Waals surface area (Å²) in [5.41, 5.74) is 0.558. The van der Waals surface area contributed by atoms with Crippen LogP contribution < -0.4 is 10.2 Å². The third-order valence-corrected chi connectivity index (χ3v) is 3.28. The average Bonchev–Trinajstić information content (AvgIpc) is 2.43. The zero-order valence-electron chi connectivity index (χ0n) is 12.2. The molecule has 0 unspecified atom stereocenters. The Morgan fingerprint density at radius 3 is 2.35 bits per heavy atom. The second kappa shape index (κ2) is 6.93. The predicted octanol–water partition coefficient (Wildman–Crippen LogP) is 2.72. The molecule has 0 saturated heterocycles. The minimum absolute atomic E-state index is 0.0127. The highest BCUT2D eigenvalue weighted by atomic mass is 16.4. The number of hydrogen-bond donors (Lipinski definition) is 2. The number of anilines is 1. The van der Waals surface area contributed by atoms with Crippen molar-refractivity contribution in [3.05, 3.63) is 30.3 Å². The Morgan fingerprint density at radius 2 is 1.85 bits per heavy atom. The fraction of sp³-hybridized carbons (Fsp3) is 0.467. The van der Waals surface area contributed by atoms with Crippen LogP contribution >= 0.6 is 0 Å². The van der Waals surface area contributed by atoms with Crippen LogP contribution in [0, 0.1) is 5.41 Å². The molecule has 0 fully saturated rings. The third-order valence-electron chi connectivity index (χ3n) is 3.28. The van der Waals surface area contributed by atoms with E-state index in [-0.39, 0.29) is 18.0 Å². The molecule has 0 aliphatic carbocycles. The van der Waals surface area contributed by atoms with Crippen LogP contribution in [-0.4, -0.2) is 30.2 Å². The summed E-state index contributed by atoms with van der Waals surface area (Å²) in [4.78, 5) is 24.3. The zero-order chi connectivity index (χ0) is 15.2. The van der Waals surface area contributed by atoms with Gasteiger partial charge >= 0.3 is 12.0 Å². The van der Waals surface area contributed by atoms with Crippen LogP contribution in [0.2, 0.25) is 0 Å². The van der Waals surface area contributed by atoms with E-state index in [9.17, 15) is 9.59 Å². The maximum absolute atomic E-state index is 12.2. The molecule has 0 radical (unpaired) electrons. The van der Waals surface area contributed by atoms with Gasteiger partial charge in [-0.2, -0.15) is 0 Å². The number of para-hydroxylation sites is 1. The van der Waals surface area contributed by atoms with Crippen LogP contribution in [0.5, 0.6) is 0 Å². The normalized spacial score (nSPS) is 10.9. The first-order valence-electron chi connectivity index (χ1n) is 6.68. The van der Waals surface area contributed by atoms with Crippen molar-refractivity contribution in [2.24, 2.45) is 5.41 Å². The second-order valence-electron chi connectivity index (χ2n) is 5.49. The minimum Gasteiger partial charge on any atom is -0.480 e. The molecule has 1 aromatic rings. The molecule has 0 atom stereocenters. The van der Waals surface area contributed by atoms with Gasteiger partial charge in [-0.3, -0.25) is 9.69 Å². The Bertz CT molecular complexity index is 457. The monoisotopic (exact) mass is 278 g/mol. The molecule has 0 bridgehead atoms. The number of aliphatic carboxylic acids is 1. The van der Waals surface area contributed by atoms with E-state index in [0.717, 1.165) is 6.42 Å². The van der Waals surface area contributed by atoms with Crippen molar-refractivity contribution in [1.82, 2.24) is 5.32 Å². The summed E-state index contributed by atoms with van der Waals surface area (Å²) in [7, 11) is 0. The molecule has 0 saturated carbocycles. The number of amides is 2. The van der Waals surface area contributed by atoms with Gasteiger partial charge in [-0.05, 0) is 24.0 Å². The lowest BCUT2D eigenvalue weighted by Gasteiger charge is -2.26. The van der Waals surface area contributed by atoms with E-state index < -0.39 is 5.97 Å². The second-order valence-corrected chi connectivity index (χ2v) is 5.49. The molecular formula is C15H22N2O3. The highest BCUT2D eigenvalue weighted by Crippen LogP contribution is 2.18. The predicted molar refractivity (Wildman–Crippen MR) is 78.9 cm³/mol. The van der Waals surface area contributed by atoms with Gasteiger partial charge in [0.25, 0.3) is 0 Å². The van der Waals surface area contributed by atoms with E-state index in [1.807, 2.05) is 6.07 Å². The Labute approximate surface area is 119 Å². The van der Waals surface area contributed by atoms with E-state index in [1.54, 1.807) is 24.3 Å². The zero-order valence-corrected chi connectivity index (χ0v) is 12.2. The van der Waals surface area contributed by atoms with Crippen molar-refractivity contribution in [2.45, 2.75) is 27.2 Å². The quantitative estimate of drug-likeness (QED) is 0.840. The first kappa shape index (κ1) is 16.0. The van der Waals surface area contributed by atoms with Gasteiger partial charge in [-0.25, -0.2) is 4.79 Å². The van der Waals surface area contributed by atoms with Crippen LogP contribution in [-0.2, 0) is 4.79 Å². The Balaban J connectivity index is 2.79. The molecule has 0 aliphatic heterocycles. The molecule has 0 heterocycles. The topological polar surface area (TPSA) is 69.6 Å². The summed E-state index contributed by atoms with van der Waals surface area (Å²) < 4.78 is 0. The van der Waals surface area contributed by atoms with Gasteiger partial charge in [0.05, 0.1) is 0 Å². The number of nitrogens with zero attached hydrogens (tertiary/aromatic N) is 1. The summed E-state index contributed by atoms with van der Waals surface area (Å²) in [6.45, 7) is 6.31. The Morgan fingerprint density at radius 1 is 1.25 bits per heavy atom. The molecule has 0 aromatic heterocycles. The van der Waals surface area contributed by atoms with E-state index in [4.69, 9.17) is 5.11 Å². The summed E-state index contributed by atoms with van der Waals surface area (Å²) in [6.07, 6.45) is 0.928. The Hall–Kier alpha value is -2.04. The van der Waals surface area contributed by atoms with Gasteiger partial charge in [0, 0.05) is 12.2 Å². The lowest BCUT2D eigenvalue weighted by molar-refractivity contribution is -0.135. The summed E-state index contributed by atoms with van der Waals surface area (Å²) in [5, 5.41) is 11.7. The standard InChI is InChI=1S/C15H22N2O3/c1-4-15(2,3)11-16-14(20)17(10-13(18)19)12-8-6-5-7-9-12/h5-9H,4,10-11H2,1-3H3,(H,16,20)(H,18,19). The number of urea groups is 1. The fourth-order valence-electron chi connectivity index (χ4n) is 1.56. The molecule has 20 heavy (non-hydrogen) atoms. The molecule has 2 N–H and O–H groups in total. The van der Waals surface area contributed by atoms with Crippen molar-refractivity contribution in [3.8, 4) is 0 Å². The molecular weight excluding hydrogens is 256 g/mol. The summed E-state index contributed by atoms with van der Waals surface area (Å²) in [6, 6.07) is 8.41. The molecule has 0 spiro atoms. The lowest BCUT2D eigenvalue weighted by Crippen LogP contribution is -2.45. The van der Waals surface area contributed by atoms with E-state index in [0.29, 0.717) is 12.2 Å². The maximum atomic E-state index is 12.2. The molecule has 1 rings (SSSR count). The maximum Gasteiger partial charge on any atom is 0.323 e. The number of carboxylic acids is 1. The van der Waals surface area contributed by atoms with Crippen LogP contribution in [0.1, 0.15) is 27.2 Å². The lowest BCUT2D eigenvalue weighted by atomic mass is 9.90. The largest absolute Gasteiger partial charge is 0.480 e. The number of carbonyl (C=O) groups is 2. The third kappa shape index (κ3) is 4.91. The Kier molecular flexibility index (Phi) is 5.55. The number of rotatable bonds is 6. The van der Waals surface area contributed by atoms with Gasteiger partial charge < -0.3 is 10.4 Å². The molecule has 5 nitrogen and oxygen atoms in total. The minimum atomic E-state index is -1.04. The van der Waals surface area contributed by atoms with Gasteiger partial charge in [-0.1, -0.05) is 39.0 Å². The highest BCUT2D eigenvalue weighted by Gasteiger charge is 2.21. The highest BCUT2D eigenvalue weighted by molar-refractivity contribution is 5.96. The average molecular weight is 278 g/mol. The number of hydrogen-bond acceptors (Lipinski definition) is 2. The number of carboxylic acid groups (broad SMARTS) is 1. The molecule has 5 heteroatoms. The van der Waals surface area contributed by atoms with Gasteiger partial charge in [0.2, 0.25) is 0 Å². The fourth-order valence-corrected chi connectivity index (χ4v) is 1.56. The van der Waals surface area contributed by atoms with Crippen molar-refractivity contribution < 1.29 is 14.7 Å². The SMILES string of the molecule is CCC(C)(C)CNC(=O)N(CC(=O)O)c1ccccc1. The molecule has 0 aliphatic rings. The van der Waals surface area contributed by atoms with E-state index >= 15 is 0 Å². The van der Waals surface area contributed by atoms with Gasteiger partial charge in [-0.15, -0.1) is 0 Å². The summed E-state index contributed by atoms with van der Waals surface area (Å²) >= 11 is 0. The van der Waals surface area contributed by atoms with Crippen molar-refractivity contribution in [3.63, 3.8) is 0 Å². The van der Waals surface area contributed by atoms with Crippen LogP contribution in [0.3, 0.4) is 0 Å². The molecule has 110 valence electrons. The van der Waals surface area contributed by atoms with Crippen LogP contribution in [0.25, 0.3) is 0 Å². The van der Waals surface area contributed by atoms with E-state index in [1.165, 1.54) is 4.90 Å². The smallest absolute Gasteiger partial charge is 0.323 e. The van der Waals surface area contributed by atoms with Crippen molar-refractivity contribution >= 4 is 17.7 Å². The number of benzene rings is 1. The first-order valence-corrected chi connectivity index (χ1v) is 6.68. The van der Waals surface area contributed by atoms with Crippen molar-refractivity contribution in [1.29, 1.82) is 0 Å². The van der Waals surface area contributed by atoms with Crippen molar-refractivity contribution in [2.75, 3.05) is 18.0 Å². The number of nitrogens with one attached hydrogen (secondary N) is 1. The first-order chi connectivity index (χ1) is 9.35.